The number of aliphatic imine (C=N–C) groups is 1. The van der Waals surface area contributed by atoms with Gasteiger partial charge in [0.1, 0.15) is 0 Å². The van der Waals surface area contributed by atoms with E-state index in [-0.39, 0.29) is 5.56 Å². The van der Waals surface area contributed by atoms with Crippen molar-refractivity contribution in [1.82, 2.24) is 15.1 Å². The number of hydrogen-bond donors (Lipinski definition) is 2. The first-order valence-corrected chi connectivity index (χ1v) is 8.29. The minimum absolute atomic E-state index is 0.138. The van der Waals surface area contributed by atoms with Crippen molar-refractivity contribution in [2.24, 2.45) is 4.99 Å². The predicted octanol–water partition coefficient (Wildman–Crippen LogP) is 0.0690. The fourth-order valence-corrected chi connectivity index (χ4v) is 2.87. The smallest absolute Gasteiger partial charge is 0.281 e. The Hall–Kier alpha value is -2.76. The summed E-state index contributed by atoms with van der Waals surface area (Å²) in [5, 5.41) is 7.21. The van der Waals surface area contributed by atoms with Gasteiger partial charge in [-0.1, -0.05) is 18.7 Å². The average Bonchev–Trinajstić information content (AvgIpc) is 3.21. The minimum Gasteiger partial charge on any atom is -0.372 e. The fourth-order valence-electron chi connectivity index (χ4n) is 2.87. The van der Waals surface area contributed by atoms with Gasteiger partial charge >= 0.3 is 0 Å². The quantitative estimate of drug-likeness (QED) is 0.836. The molecule has 1 aliphatic rings. The monoisotopic (exact) mass is 325 g/mol. The summed E-state index contributed by atoms with van der Waals surface area (Å²) in [4.78, 5) is 19.1. The maximum absolute atomic E-state index is 12.6. The van der Waals surface area contributed by atoms with E-state index in [4.69, 9.17) is 0 Å². The van der Waals surface area contributed by atoms with E-state index in [1.165, 1.54) is 10.4 Å². The van der Waals surface area contributed by atoms with Crippen molar-refractivity contribution in [3.05, 3.63) is 50.8 Å². The first-order chi connectivity index (χ1) is 11.6. The van der Waals surface area contributed by atoms with Crippen LogP contribution in [0, 0.1) is 0 Å². The van der Waals surface area contributed by atoms with Crippen LogP contribution < -0.4 is 26.3 Å². The van der Waals surface area contributed by atoms with E-state index < -0.39 is 0 Å². The minimum atomic E-state index is -0.138. The molecule has 0 bridgehead atoms. The Morgan fingerprint density at radius 1 is 1.29 bits per heavy atom. The Kier molecular flexibility index (Phi) is 4.55. The summed E-state index contributed by atoms with van der Waals surface area (Å²) < 4.78 is 1.42. The highest BCUT2D eigenvalue weighted by Gasteiger charge is 2.11. The molecule has 0 radical (unpaired) electrons. The lowest BCUT2D eigenvalue weighted by Crippen LogP contribution is -2.39. The van der Waals surface area contributed by atoms with Crippen LogP contribution in [0.1, 0.15) is 19.4 Å². The third kappa shape index (κ3) is 2.99. The summed E-state index contributed by atoms with van der Waals surface area (Å²) in [7, 11) is 0. The molecule has 0 spiro atoms. The molecule has 126 valence electrons. The number of hydrogen-bond acceptors (Lipinski definition) is 4. The largest absolute Gasteiger partial charge is 0.372 e. The standard InChI is InChI=1S/C18H23N5O/c1-4-22(5-2)15-8-6-14(7-9-15)12-16-13(3)21-23(17(16)24)18-19-10-11-20-18/h6-9,12,21H,3-5,10-11H2,1-2H3,(H,19,20). The van der Waals surface area contributed by atoms with Gasteiger partial charge in [-0.2, -0.15) is 4.68 Å². The van der Waals surface area contributed by atoms with E-state index in [2.05, 4.69) is 52.9 Å². The Labute approximate surface area is 140 Å². The summed E-state index contributed by atoms with van der Waals surface area (Å²) in [5.41, 5.74) is 2.02. The lowest BCUT2D eigenvalue weighted by Gasteiger charge is -2.20. The van der Waals surface area contributed by atoms with Crippen LogP contribution in [-0.2, 0) is 0 Å². The van der Waals surface area contributed by atoms with Crippen LogP contribution in [0.25, 0.3) is 12.7 Å². The number of benzene rings is 1. The van der Waals surface area contributed by atoms with Gasteiger partial charge in [-0.05, 0) is 37.6 Å². The van der Waals surface area contributed by atoms with E-state index in [9.17, 15) is 4.79 Å². The maximum Gasteiger partial charge on any atom is 0.281 e. The molecular weight excluding hydrogens is 302 g/mol. The topological polar surface area (TPSA) is 65.4 Å². The summed E-state index contributed by atoms with van der Waals surface area (Å²) in [5.74, 6) is 0.557. The zero-order valence-corrected chi connectivity index (χ0v) is 14.2. The molecule has 24 heavy (non-hydrogen) atoms. The molecule has 0 amide bonds. The molecule has 1 aromatic heterocycles. The van der Waals surface area contributed by atoms with Crippen LogP contribution in [-0.4, -0.2) is 41.9 Å². The van der Waals surface area contributed by atoms with Gasteiger partial charge in [-0.3, -0.25) is 9.89 Å². The molecule has 6 heteroatoms. The Bertz CT molecular complexity index is 900. The van der Waals surface area contributed by atoms with Crippen molar-refractivity contribution in [2.45, 2.75) is 13.8 Å². The van der Waals surface area contributed by atoms with E-state index >= 15 is 0 Å². The number of anilines is 1. The van der Waals surface area contributed by atoms with Crippen LogP contribution in [0.4, 0.5) is 5.69 Å². The number of nitrogens with one attached hydrogen (secondary N) is 2. The lowest BCUT2D eigenvalue weighted by molar-refractivity contribution is 0.843. The van der Waals surface area contributed by atoms with E-state index in [0.29, 0.717) is 23.1 Å². The molecule has 6 nitrogen and oxygen atoms in total. The van der Waals surface area contributed by atoms with Crippen molar-refractivity contribution < 1.29 is 0 Å². The van der Waals surface area contributed by atoms with E-state index in [1.807, 2.05) is 18.2 Å². The molecule has 0 saturated heterocycles. The first kappa shape index (κ1) is 16.1. The third-order valence-corrected chi connectivity index (χ3v) is 4.21. The predicted molar refractivity (Wildman–Crippen MR) is 99.1 cm³/mol. The molecule has 0 fully saturated rings. The van der Waals surface area contributed by atoms with Gasteiger partial charge in [0.15, 0.2) is 0 Å². The van der Waals surface area contributed by atoms with Crippen molar-refractivity contribution in [2.75, 3.05) is 31.1 Å². The molecule has 0 atom stereocenters. The number of aromatic nitrogens is 2. The number of nitrogens with zero attached hydrogens (tertiary/aromatic N) is 3. The van der Waals surface area contributed by atoms with Crippen LogP contribution in [0.5, 0.6) is 0 Å². The van der Waals surface area contributed by atoms with Crippen LogP contribution in [0.2, 0.25) is 0 Å². The number of aromatic amines is 1. The van der Waals surface area contributed by atoms with Gasteiger partial charge in [-0.25, -0.2) is 4.99 Å². The Morgan fingerprint density at radius 3 is 2.58 bits per heavy atom. The van der Waals surface area contributed by atoms with E-state index in [0.717, 1.165) is 25.2 Å². The van der Waals surface area contributed by atoms with Crippen LogP contribution >= 0.6 is 0 Å². The second-order valence-electron chi connectivity index (χ2n) is 5.68. The number of H-pyrrole nitrogens is 1. The third-order valence-electron chi connectivity index (χ3n) is 4.21. The first-order valence-electron chi connectivity index (χ1n) is 8.29. The molecule has 2 heterocycles. The molecular formula is C18H23N5O. The van der Waals surface area contributed by atoms with Crippen molar-refractivity contribution in [3.8, 4) is 0 Å². The van der Waals surface area contributed by atoms with Gasteiger partial charge in [-0.15, -0.1) is 0 Å². The molecule has 1 aromatic carbocycles. The van der Waals surface area contributed by atoms with Gasteiger partial charge in [0.25, 0.3) is 5.56 Å². The molecule has 3 rings (SSSR count). The molecule has 0 unspecified atom stereocenters. The van der Waals surface area contributed by atoms with Crippen LogP contribution in [0.15, 0.2) is 34.1 Å². The van der Waals surface area contributed by atoms with Crippen molar-refractivity contribution in [1.29, 1.82) is 0 Å². The summed E-state index contributed by atoms with van der Waals surface area (Å²) in [6, 6.07) is 8.20. The maximum atomic E-state index is 12.6. The SMILES string of the molecule is C=c1[nH]n(C2=NCCN2)c(=O)c1=Cc1ccc(N(CC)CC)cc1. The van der Waals surface area contributed by atoms with Crippen molar-refractivity contribution in [3.63, 3.8) is 0 Å². The Balaban J connectivity index is 1.97. The lowest BCUT2D eigenvalue weighted by atomic mass is 10.1. The summed E-state index contributed by atoms with van der Waals surface area (Å²) in [6.45, 7) is 11.6. The Morgan fingerprint density at radius 2 is 2.00 bits per heavy atom. The van der Waals surface area contributed by atoms with Crippen LogP contribution in [0.3, 0.4) is 0 Å². The molecule has 0 saturated carbocycles. The van der Waals surface area contributed by atoms with Crippen molar-refractivity contribution >= 4 is 24.3 Å². The fraction of sp³-hybridized carbons (Fsp3) is 0.333. The molecule has 2 N–H and O–H groups in total. The van der Waals surface area contributed by atoms with Gasteiger partial charge in [0.05, 0.1) is 17.1 Å². The number of rotatable bonds is 4. The van der Waals surface area contributed by atoms with Gasteiger partial charge in [0, 0.05) is 25.3 Å². The molecule has 1 aliphatic heterocycles. The zero-order chi connectivity index (χ0) is 17.1. The summed E-state index contributed by atoms with van der Waals surface area (Å²) in [6.07, 6.45) is 1.86. The van der Waals surface area contributed by atoms with Gasteiger partial charge < -0.3 is 10.2 Å². The van der Waals surface area contributed by atoms with E-state index in [1.54, 1.807) is 0 Å². The highest BCUT2D eigenvalue weighted by Crippen LogP contribution is 2.14. The average molecular weight is 325 g/mol. The normalized spacial score (nSPS) is 14.6. The summed E-state index contributed by atoms with van der Waals surface area (Å²) >= 11 is 0. The molecule has 2 aromatic rings. The molecule has 0 aliphatic carbocycles. The zero-order valence-electron chi connectivity index (χ0n) is 14.2. The van der Waals surface area contributed by atoms with Gasteiger partial charge in [0.2, 0.25) is 5.96 Å². The highest BCUT2D eigenvalue weighted by atomic mass is 16.1. The highest BCUT2D eigenvalue weighted by molar-refractivity contribution is 5.82. The second kappa shape index (κ2) is 6.78. The second-order valence-corrected chi connectivity index (χ2v) is 5.68.